The molecule has 2 atom stereocenters. The van der Waals surface area contributed by atoms with Crippen molar-refractivity contribution in [2.45, 2.75) is 52.3 Å². The number of rotatable bonds is 8. The number of carbonyl (C=O) groups is 1. The summed E-state index contributed by atoms with van der Waals surface area (Å²) in [6.07, 6.45) is -3.75. The molecule has 0 saturated carbocycles. The summed E-state index contributed by atoms with van der Waals surface area (Å²) in [5, 5.41) is 3.27. The molecule has 1 heterocycles. The van der Waals surface area contributed by atoms with Crippen LogP contribution >= 0.6 is 12.4 Å². The molecule has 144 valence electrons. The maximum Gasteiger partial charge on any atom is 0.390 e. The van der Waals surface area contributed by atoms with Crippen molar-refractivity contribution in [3.05, 3.63) is 0 Å². The summed E-state index contributed by atoms with van der Waals surface area (Å²) in [5.41, 5.74) is 0. The molecule has 0 aromatic heterocycles. The van der Waals surface area contributed by atoms with Crippen molar-refractivity contribution in [3.8, 4) is 0 Å². The first-order valence-electron chi connectivity index (χ1n) is 8.58. The molecule has 0 radical (unpaired) electrons. The topological polar surface area (TPSA) is 35.6 Å². The van der Waals surface area contributed by atoms with Gasteiger partial charge in [-0.2, -0.15) is 13.2 Å². The van der Waals surface area contributed by atoms with Gasteiger partial charge in [0.2, 0.25) is 5.91 Å². The average Bonchev–Trinajstić information content (AvgIpc) is 2.49. The van der Waals surface area contributed by atoms with E-state index in [0.29, 0.717) is 25.9 Å². The van der Waals surface area contributed by atoms with Gasteiger partial charge in [0.25, 0.3) is 0 Å². The van der Waals surface area contributed by atoms with E-state index in [0.717, 1.165) is 19.6 Å². The molecule has 1 amide bonds. The van der Waals surface area contributed by atoms with Gasteiger partial charge in [-0.3, -0.25) is 4.79 Å². The molecule has 0 aromatic rings. The molecule has 1 aliphatic heterocycles. The largest absolute Gasteiger partial charge is 0.390 e. The maximum absolute atomic E-state index is 12.7. The molecule has 1 fully saturated rings. The average molecular weight is 374 g/mol. The molecule has 1 rings (SSSR count). The van der Waals surface area contributed by atoms with Gasteiger partial charge in [0.05, 0.1) is 6.42 Å². The zero-order valence-electron chi connectivity index (χ0n) is 14.9. The van der Waals surface area contributed by atoms with E-state index < -0.39 is 12.6 Å². The number of piperidine rings is 1. The third-order valence-electron chi connectivity index (χ3n) is 4.53. The number of likely N-dealkylation sites (N-methyl/N-ethyl adjacent to an activating group) is 1. The lowest BCUT2D eigenvalue weighted by Gasteiger charge is -2.33. The maximum atomic E-state index is 12.7. The smallest absolute Gasteiger partial charge is 0.341 e. The lowest BCUT2D eigenvalue weighted by atomic mass is 9.92. The summed E-state index contributed by atoms with van der Waals surface area (Å²) < 4.78 is 37.7. The van der Waals surface area contributed by atoms with Crippen molar-refractivity contribution in [2.75, 3.05) is 39.3 Å². The molecule has 0 spiro atoms. The van der Waals surface area contributed by atoms with E-state index in [1.165, 1.54) is 4.90 Å². The highest BCUT2D eigenvalue weighted by molar-refractivity contribution is 5.85. The van der Waals surface area contributed by atoms with Gasteiger partial charge >= 0.3 is 6.18 Å². The Morgan fingerprint density at radius 3 is 2.29 bits per heavy atom. The second-order valence-electron chi connectivity index (χ2n) is 6.29. The standard InChI is InChI=1S/C16H30F3N3O.ClH/c1-4-21(5-2)10-11-22(9-7-16(17,18)19)15(23)14-6-8-20-13(3)12-14;/h13-14,20H,4-12H2,1-3H3;1H/t13-,14-;/m0./s1. The Morgan fingerprint density at radius 1 is 1.17 bits per heavy atom. The van der Waals surface area contributed by atoms with Crippen LogP contribution in [0.2, 0.25) is 0 Å². The lowest BCUT2D eigenvalue weighted by molar-refractivity contribution is -0.148. The fourth-order valence-corrected chi connectivity index (χ4v) is 3.01. The lowest BCUT2D eigenvalue weighted by Crippen LogP contribution is -2.47. The van der Waals surface area contributed by atoms with Crippen molar-refractivity contribution in [1.82, 2.24) is 15.1 Å². The molecule has 1 aliphatic rings. The van der Waals surface area contributed by atoms with Gasteiger partial charge in [-0.05, 0) is 39.4 Å². The minimum atomic E-state index is -4.23. The van der Waals surface area contributed by atoms with E-state index in [9.17, 15) is 18.0 Å². The molecule has 1 saturated heterocycles. The highest BCUT2D eigenvalue weighted by Gasteiger charge is 2.32. The van der Waals surface area contributed by atoms with Crippen LogP contribution in [-0.2, 0) is 4.79 Å². The minimum Gasteiger partial charge on any atom is -0.341 e. The van der Waals surface area contributed by atoms with Crippen LogP contribution in [0.15, 0.2) is 0 Å². The SMILES string of the molecule is CCN(CC)CCN(CCC(F)(F)F)C(=O)[C@H]1CCN[C@@H](C)C1.Cl. The molecule has 0 aromatic carbocycles. The van der Waals surface area contributed by atoms with Crippen molar-refractivity contribution < 1.29 is 18.0 Å². The summed E-state index contributed by atoms with van der Waals surface area (Å²) in [6.45, 7) is 9.22. The van der Waals surface area contributed by atoms with Crippen LogP contribution in [0.3, 0.4) is 0 Å². The van der Waals surface area contributed by atoms with Crippen LogP contribution in [0.5, 0.6) is 0 Å². The molecule has 24 heavy (non-hydrogen) atoms. The summed E-state index contributed by atoms with van der Waals surface area (Å²) in [7, 11) is 0. The number of carbonyl (C=O) groups excluding carboxylic acids is 1. The number of alkyl halides is 3. The van der Waals surface area contributed by atoms with Crippen LogP contribution in [0, 0.1) is 5.92 Å². The Kier molecular flexibility index (Phi) is 10.9. The van der Waals surface area contributed by atoms with Gasteiger partial charge < -0.3 is 15.1 Å². The van der Waals surface area contributed by atoms with Crippen LogP contribution in [0.25, 0.3) is 0 Å². The van der Waals surface area contributed by atoms with Crippen molar-refractivity contribution >= 4 is 18.3 Å². The van der Waals surface area contributed by atoms with Crippen LogP contribution in [0.4, 0.5) is 13.2 Å². The number of nitrogens with zero attached hydrogens (tertiary/aromatic N) is 2. The number of hydrogen-bond donors (Lipinski definition) is 1. The highest BCUT2D eigenvalue weighted by Crippen LogP contribution is 2.23. The van der Waals surface area contributed by atoms with E-state index in [1.807, 2.05) is 20.8 Å². The third-order valence-corrected chi connectivity index (χ3v) is 4.53. The zero-order valence-corrected chi connectivity index (χ0v) is 15.7. The van der Waals surface area contributed by atoms with Gasteiger partial charge in [-0.1, -0.05) is 13.8 Å². The Hall–Kier alpha value is -0.530. The second kappa shape index (κ2) is 11.2. The molecule has 0 unspecified atom stereocenters. The number of halogens is 4. The van der Waals surface area contributed by atoms with E-state index in [2.05, 4.69) is 10.2 Å². The monoisotopic (exact) mass is 373 g/mol. The number of amides is 1. The second-order valence-corrected chi connectivity index (χ2v) is 6.29. The molecule has 4 nitrogen and oxygen atoms in total. The van der Waals surface area contributed by atoms with Gasteiger partial charge in [0.15, 0.2) is 0 Å². The molecular weight excluding hydrogens is 343 g/mol. The summed E-state index contributed by atoms with van der Waals surface area (Å²) >= 11 is 0. The first-order chi connectivity index (χ1) is 10.8. The molecule has 0 bridgehead atoms. The van der Waals surface area contributed by atoms with Gasteiger partial charge in [-0.25, -0.2) is 0 Å². The van der Waals surface area contributed by atoms with Crippen molar-refractivity contribution in [1.29, 1.82) is 0 Å². The Balaban J connectivity index is 0.00000529. The van der Waals surface area contributed by atoms with Crippen LogP contribution < -0.4 is 5.32 Å². The third kappa shape index (κ3) is 8.53. The molecule has 0 aliphatic carbocycles. The van der Waals surface area contributed by atoms with Crippen molar-refractivity contribution in [2.24, 2.45) is 5.92 Å². The fraction of sp³-hybridized carbons (Fsp3) is 0.938. The Bertz CT molecular complexity index is 365. The first kappa shape index (κ1) is 23.5. The number of hydrogen-bond acceptors (Lipinski definition) is 3. The highest BCUT2D eigenvalue weighted by atomic mass is 35.5. The fourth-order valence-electron chi connectivity index (χ4n) is 3.01. The quantitative estimate of drug-likeness (QED) is 0.710. The van der Waals surface area contributed by atoms with Crippen LogP contribution in [-0.4, -0.2) is 67.2 Å². The first-order valence-corrected chi connectivity index (χ1v) is 8.58. The summed E-state index contributed by atoms with van der Waals surface area (Å²) in [4.78, 5) is 16.2. The number of nitrogens with one attached hydrogen (secondary N) is 1. The van der Waals surface area contributed by atoms with Gasteiger partial charge in [0, 0.05) is 31.6 Å². The molecular formula is C16H31ClF3N3O. The summed E-state index contributed by atoms with van der Waals surface area (Å²) in [6, 6.07) is 0.241. The Morgan fingerprint density at radius 2 is 1.79 bits per heavy atom. The van der Waals surface area contributed by atoms with Crippen molar-refractivity contribution in [3.63, 3.8) is 0 Å². The predicted octanol–water partition coefficient (Wildman–Crippen LogP) is 2.92. The van der Waals surface area contributed by atoms with Crippen LogP contribution in [0.1, 0.15) is 40.0 Å². The van der Waals surface area contributed by atoms with E-state index in [4.69, 9.17) is 0 Å². The minimum absolute atomic E-state index is 0. The van der Waals surface area contributed by atoms with E-state index in [1.54, 1.807) is 0 Å². The van der Waals surface area contributed by atoms with Gasteiger partial charge in [0.1, 0.15) is 0 Å². The zero-order chi connectivity index (χ0) is 17.5. The van der Waals surface area contributed by atoms with Gasteiger partial charge in [-0.15, -0.1) is 12.4 Å². The Labute approximate surface area is 149 Å². The predicted molar refractivity (Wildman–Crippen MR) is 92.5 cm³/mol. The van der Waals surface area contributed by atoms with E-state index in [-0.39, 0.29) is 36.8 Å². The molecule has 1 N–H and O–H groups in total. The van der Waals surface area contributed by atoms with E-state index >= 15 is 0 Å². The molecule has 8 heteroatoms. The summed E-state index contributed by atoms with van der Waals surface area (Å²) in [5.74, 6) is -0.272. The normalized spacial score (nSPS) is 21.5.